The van der Waals surface area contributed by atoms with E-state index in [-0.39, 0.29) is 6.61 Å². The molecule has 5 nitrogen and oxygen atoms in total. The molecule has 0 unspecified atom stereocenters. The topological polar surface area (TPSA) is 53.7 Å². The zero-order chi connectivity index (χ0) is 15.4. The minimum Gasteiger partial charge on any atom is -0.395 e. The van der Waals surface area contributed by atoms with Crippen LogP contribution >= 0.6 is 0 Å². The highest BCUT2D eigenvalue weighted by atomic mass is 16.3. The fourth-order valence-corrected chi connectivity index (χ4v) is 2.61. The number of rotatable bonds is 6. The fourth-order valence-electron chi connectivity index (χ4n) is 2.61. The molecule has 3 aromatic rings. The maximum atomic E-state index is 9.29. The molecular formula is C17H20N4O. The highest BCUT2D eigenvalue weighted by Gasteiger charge is 2.10. The Morgan fingerprint density at radius 3 is 2.82 bits per heavy atom. The van der Waals surface area contributed by atoms with E-state index in [4.69, 9.17) is 0 Å². The first kappa shape index (κ1) is 14.7. The number of aromatic nitrogens is 3. The van der Waals surface area contributed by atoms with Gasteiger partial charge < -0.3 is 9.51 Å². The van der Waals surface area contributed by atoms with E-state index >= 15 is 0 Å². The van der Waals surface area contributed by atoms with Crippen molar-refractivity contribution >= 4 is 5.65 Å². The van der Waals surface area contributed by atoms with Gasteiger partial charge in [0.05, 0.1) is 12.3 Å². The van der Waals surface area contributed by atoms with Gasteiger partial charge in [0.2, 0.25) is 0 Å². The number of fused-ring (bicyclic) bond motifs is 1. The summed E-state index contributed by atoms with van der Waals surface area (Å²) >= 11 is 0. The van der Waals surface area contributed by atoms with Gasteiger partial charge in [-0.05, 0) is 30.7 Å². The number of pyridine rings is 2. The Morgan fingerprint density at radius 2 is 2.09 bits per heavy atom. The van der Waals surface area contributed by atoms with Crippen LogP contribution in [0.15, 0.2) is 48.9 Å². The van der Waals surface area contributed by atoms with Crippen LogP contribution in [0.3, 0.4) is 0 Å². The van der Waals surface area contributed by atoms with Crippen LogP contribution < -0.4 is 0 Å². The van der Waals surface area contributed by atoms with E-state index in [0.717, 1.165) is 29.1 Å². The summed E-state index contributed by atoms with van der Waals surface area (Å²) in [4.78, 5) is 11.0. The minimum atomic E-state index is 0.132. The van der Waals surface area contributed by atoms with Crippen LogP contribution in [0.5, 0.6) is 0 Å². The number of nitrogens with zero attached hydrogens (tertiary/aromatic N) is 4. The predicted molar refractivity (Wildman–Crippen MR) is 85.4 cm³/mol. The summed E-state index contributed by atoms with van der Waals surface area (Å²) in [6.07, 6.45) is 5.70. The number of aliphatic hydroxyl groups excluding tert-OH is 1. The third-order valence-electron chi connectivity index (χ3n) is 3.68. The van der Waals surface area contributed by atoms with Crippen LogP contribution in [0.2, 0.25) is 0 Å². The quantitative estimate of drug-likeness (QED) is 0.756. The van der Waals surface area contributed by atoms with E-state index in [1.165, 1.54) is 0 Å². The number of aliphatic hydroxyl groups is 1. The number of hydrogen-bond donors (Lipinski definition) is 1. The van der Waals surface area contributed by atoms with Gasteiger partial charge >= 0.3 is 0 Å². The zero-order valence-corrected chi connectivity index (χ0v) is 12.7. The lowest BCUT2D eigenvalue weighted by Crippen LogP contribution is -2.26. The van der Waals surface area contributed by atoms with E-state index in [0.29, 0.717) is 13.1 Å². The maximum absolute atomic E-state index is 9.29. The molecule has 5 heteroatoms. The molecule has 0 aliphatic heterocycles. The Labute approximate surface area is 129 Å². The molecule has 3 heterocycles. The Bertz CT molecular complexity index is 739. The van der Waals surface area contributed by atoms with Crippen molar-refractivity contribution in [2.24, 2.45) is 0 Å². The summed E-state index contributed by atoms with van der Waals surface area (Å²) in [5, 5.41) is 9.29. The van der Waals surface area contributed by atoms with Gasteiger partial charge in [-0.3, -0.25) is 9.88 Å². The molecule has 0 aliphatic carbocycles. The third-order valence-corrected chi connectivity index (χ3v) is 3.68. The molecule has 114 valence electrons. The summed E-state index contributed by atoms with van der Waals surface area (Å²) in [6, 6.07) is 10.1. The molecule has 1 N–H and O–H groups in total. The van der Waals surface area contributed by atoms with Gasteiger partial charge in [0, 0.05) is 43.9 Å². The average molecular weight is 296 g/mol. The van der Waals surface area contributed by atoms with Crippen molar-refractivity contribution in [1.82, 2.24) is 19.3 Å². The zero-order valence-electron chi connectivity index (χ0n) is 12.7. The number of aryl methyl sites for hydroxylation is 1. The van der Waals surface area contributed by atoms with Crippen LogP contribution in [0.1, 0.15) is 17.0 Å². The van der Waals surface area contributed by atoms with Crippen molar-refractivity contribution < 1.29 is 5.11 Å². The molecule has 0 spiro atoms. The van der Waals surface area contributed by atoms with Gasteiger partial charge in [-0.1, -0.05) is 12.1 Å². The van der Waals surface area contributed by atoms with E-state index in [1.54, 1.807) is 6.20 Å². The summed E-state index contributed by atoms with van der Waals surface area (Å²) in [7, 11) is 0. The second-order valence-corrected chi connectivity index (χ2v) is 5.42. The van der Waals surface area contributed by atoms with Crippen LogP contribution in [-0.4, -0.2) is 37.5 Å². The molecule has 0 fully saturated rings. The summed E-state index contributed by atoms with van der Waals surface area (Å²) in [6.45, 7) is 4.27. The Kier molecular flexibility index (Phi) is 4.46. The van der Waals surface area contributed by atoms with Gasteiger partial charge in [-0.2, -0.15) is 0 Å². The smallest absolute Gasteiger partial charge is 0.137 e. The van der Waals surface area contributed by atoms with Crippen molar-refractivity contribution in [3.8, 4) is 0 Å². The van der Waals surface area contributed by atoms with Crippen LogP contribution in [0.4, 0.5) is 0 Å². The van der Waals surface area contributed by atoms with Gasteiger partial charge in [0.15, 0.2) is 0 Å². The van der Waals surface area contributed by atoms with Crippen LogP contribution in [-0.2, 0) is 13.1 Å². The molecule has 0 saturated heterocycles. The monoisotopic (exact) mass is 296 g/mol. The van der Waals surface area contributed by atoms with E-state index in [9.17, 15) is 5.11 Å². The lowest BCUT2D eigenvalue weighted by atomic mass is 10.2. The van der Waals surface area contributed by atoms with E-state index in [2.05, 4.69) is 38.5 Å². The van der Waals surface area contributed by atoms with Crippen molar-refractivity contribution in [2.45, 2.75) is 20.0 Å². The molecule has 0 radical (unpaired) electrons. The molecule has 0 aromatic carbocycles. The lowest BCUT2D eigenvalue weighted by Gasteiger charge is -2.20. The second-order valence-electron chi connectivity index (χ2n) is 5.42. The van der Waals surface area contributed by atoms with Gasteiger partial charge in [0.1, 0.15) is 5.65 Å². The van der Waals surface area contributed by atoms with Crippen molar-refractivity contribution in [3.05, 3.63) is 65.9 Å². The molecule has 0 saturated carbocycles. The highest BCUT2D eigenvalue weighted by Crippen LogP contribution is 2.12. The van der Waals surface area contributed by atoms with Crippen LogP contribution in [0, 0.1) is 6.92 Å². The van der Waals surface area contributed by atoms with Gasteiger partial charge in [-0.15, -0.1) is 0 Å². The molecule has 0 atom stereocenters. The number of hydrogen-bond acceptors (Lipinski definition) is 4. The SMILES string of the molecule is Cc1cccc2nc(CN(CCO)Cc3cccnc3)cn12. The molecule has 0 bridgehead atoms. The van der Waals surface area contributed by atoms with Gasteiger partial charge in [0.25, 0.3) is 0 Å². The first-order valence-corrected chi connectivity index (χ1v) is 7.42. The summed E-state index contributed by atoms with van der Waals surface area (Å²) in [5.41, 5.74) is 4.26. The molecule has 3 aromatic heterocycles. The van der Waals surface area contributed by atoms with Crippen LogP contribution in [0.25, 0.3) is 5.65 Å². The molecule has 3 rings (SSSR count). The first-order chi connectivity index (χ1) is 10.8. The van der Waals surface area contributed by atoms with E-state index < -0.39 is 0 Å². The van der Waals surface area contributed by atoms with Gasteiger partial charge in [-0.25, -0.2) is 4.98 Å². The third kappa shape index (κ3) is 3.32. The summed E-state index contributed by atoms with van der Waals surface area (Å²) in [5.74, 6) is 0. The number of imidazole rings is 1. The Hall–Kier alpha value is -2.24. The van der Waals surface area contributed by atoms with Crippen molar-refractivity contribution in [3.63, 3.8) is 0 Å². The van der Waals surface area contributed by atoms with Crippen molar-refractivity contribution in [1.29, 1.82) is 0 Å². The maximum Gasteiger partial charge on any atom is 0.137 e. The molecule has 0 aliphatic rings. The first-order valence-electron chi connectivity index (χ1n) is 7.42. The molecule has 0 amide bonds. The normalized spacial score (nSPS) is 11.4. The molecule has 22 heavy (non-hydrogen) atoms. The molecular weight excluding hydrogens is 276 g/mol. The van der Waals surface area contributed by atoms with E-state index in [1.807, 2.05) is 30.5 Å². The Morgan fingerprint density at radius 1 is 1.18 bits per heavy atom. The predicted octanol–water partition coefficient (Wildman–Crippen LogP) is 2.03. The second kappa shape index (κ2) is 6.68. The fraction of sp³-hybridized carbons (Fsp3) is 0.294. The summed E-state index contributed by atoms with van der Waals surface area (Å²) < 4.78 is 2.09. The standard InChI is InChI=1S/C17H20N4O/c1-14-4-2-6-17-19-16(13-21(14)17)12-20(8-9-22)11-15-5-3-7-18-10-15/h2-7,10,13,22H,8-9,11-12H2,1H3. The minimum absolute atomic E-state index is 0.132. The van der Waals surface area contributed by atoms with Crippen molar-refractivity contribution in [2.75, 3.05) is 13.2 Å². The lowest BCUT2D eigenvalue weighted by molar-refractivity contribution is 0.183. The Balaban J connectivity index is 1.78. The largest absolute Gasteiger partial charge is 0.395 e. The highest BCUT2D eigenvalue weighted by molar-refractivity contribution is 5.41. The average Bonchev–Trinajstić information content (AvgIpc) is 2.92.